The first kappa shape index (κ1) is 15.2. The molecule has 1 nitrogen and oxygen atoms in total. The largest absolute Gasteiger partial charge is 0.416 e. The van der Waals surface area contributed by atoms with Gasteiger partial charge in [0.2, 0.25) is 0 Å². The molecule has 0 aliphatic carbocycles. The van der Waals surface area contributed by atoms with E-state index in [4.69, 9.17) is 0 Å². The van der Waals surface area contributed by atoms with Crippen molar-refractivity contribution in [3.8, 4) is 0 Å². The molecular formula is C14H8F6N. The maximum atomic E-state index is 12.4. The maximum absolute atomic E-state index is 12.4. The van der Waals surface area contributed by atoms with Gasteiger partial charge in [-0.1, -0.05) is 0 Å². The Morgan fingerprint density at radius 2 is 0.810 bits per heavy atom. The number of alkyl halides is 6. The fourth-order valence-corrected chi connectivity index (χ4v) is 1.60. The van der Waals surface area contributed by atoms with Gasteiger partial charge in [-0.15, -0.1) is 0 Å². The summed E-state index contributed by atoms with van der Waals surface area (Å²) >= 11 is 0. The quantitative estimate of drug-likeness (QED) is 0.669. The Hall–Kier alpha value is -2.18. The summed E-state index contributed by atoms with van der Waals surface area (Å²) < 4.78 is 74.2. The molecule has 0 atom stereocenters. The molecule has 0 heterocycles. The molecular weight excluding hydrogens is 296 g/mol. The second-order valence-corrected chi connectivity index (χ2v) is 4.20. The van der Waals surface area contributed by atoms with Gasteiger partial charge in [-0.2, -0.15) is 26.3 Å². The van der Waals surface area contributed by atoms with Gasteiger partial charge in [0.15, 0.2) is 0 Å². The summed E-state index contributed by atoms with van der Waals surface area (Å²) in [6, 6.07) is 8.07. The van der Waals surface area contributed by atoms with Crippen molar-refractivity contribution in [3.63, 3.8) is 0 Å². The molecule has 0 unspecified atom stereocenters. The molecule has 0 bridgehead atoms. The summed E-state index contributed by atoms with van der Waals surface area (Å²) in [6.45, 7) is 0. The third-order valence-electron chi connectivity index (χ3n) is 2.65. The fraction of sp³-hybridized carbons (Fsp3) is 0.143. The Morgan fingerprint density at radius 3 is 1.05 bits per heavy atom. The molecule has 0 fully saturated rings. The topological polar surface area (TPSA) is 14.1 Å². The molecule has 2 rings (SSSR count). The number of hydrogen-bond acceptors (Lipinski definition) is 0. The molecule has 2 aromatic rings. The van der Waals surface area contributed by atoms with Crippen molar-refractivity contribution < 1.29 is 26.3 Å². The summed E-state index contributed by atoms with van der Waals surface area (Å²) in [7, 11) is 0. The Bertz CT molecular complexity index is 540. The first-order valence-corrected chi connectivity index (χ1v) is 5.72. The molecule has 0 aromatic heterocycles. The van der Waals surface area contributed by atoms with Crippen molar-refractivity contribution in [2.24, 2.45) is 0 Å². The first-order chi connectivity index (χ1) is 9.66. The molecule has 2 aromatic carbocycles. The van der Waals surface area contributed by atoms with E-state index in [1.807, 2.05) is 0 Å². The van der Waals surface area contributed by atoms with Crippen LogP contribution in [0.15, 0.2) is 48.5 Å². The summed E-state index contributed by atoms with van der Waals surface area (Å²) in [5.74, 6) is 0. The van der Waals surface area contributed by atoms with Gasteiger partial charge in [-0.25, -0.2) is 5.32 Å². The lowest BCUT2D eigenvalue weighted by molar-refractivity contribution is -0.138. The van der Waals surface area contributed by atoms with E-state index < -0.39 is 23.5 Å². The fourth-order valence-electron chi connectivity index (χ4n) is 1.60. The zero-order valence-electron chi connectivity index (χ0n) is 10.3. The van der Waals surface area contributed by atoms with Crippen molar-refractivity contribution in [1.82, 2.24) is 5.32 Å². The summed E-state index contributed by atoms with van der Waals surface area (Å²) in [4.78, 5) is 0. The highest BCUT2D eigenvalue weighted by molar-refractivity contribution is 5.50. The zero-order chi connectivity index (χ0) is 15.7. The first-order valence-electron chi connectivity index (χ1n) is 5.72. The van der Waals surface area contributed by atoms with Crippen molar-refractivity contribution in [2.75, 3.05) is 0 Å². The van der Waals surface area contributed by atoms with Crippen LogP contribution in [0.3, 0.4) is 0 Å². The Labute approximate surface area is 116 Å². The lowest BCUT2D eigenvalue weighted by atomic mass is 10.1. The predicted molar refractivity (Wildman–Crippen MR) is 64.3 cm³/mol. The molecule has 21 heavy (non-hydrogen) atoms. The number of nitrogens with zero attached hydrogens (tertiary/aromatic N) is 1. The second kappa shape index (κ2) is 5.31. The minimum Gasteiger partial charge on any atom is -0.249 e. The van der Waals surface area contributed by atoms with E-state index in [0.29, 0.717) is 0 Å². The SMILES string of the molecule is FC(F)(F)c1ccc([N]c2ccc(C(F)(F)F)cc2)cc1. The average molecular weight is 304 g/mol. The molecule has 7 heteroatoms. The number of halogens is 6. The molecule has 111 valence electrons. The van der Waals surface area contributed by atoms with E-state index >= 15 is 0 Å². The highest BCUT2D eigenvalue weighted by Crippen LogP contribution is 2.32. The van der Waals surface area contributed by atoms with Crippen LogP contribution in [0.1, 0.15) is 11.1 Å². The van der Waals surface area contributed by atoms with E-state index in [2.05, 4.69) is 5.32 Å². The molecule has 0 spiro atoms. The third-order valence-corrected chi connectivity index (χ3v) is 2.65. The van der Waals surface area contributed by atoms with Crippen molar-refractivity contribution in [3.05, 3.63) is 59.7 Å². The highest BCUT2D eigenvalue weighted by Gasteiger charge is 2.30. The number of rotatable bonds is 2. The van der Waals surface area contributed by atoms with Crippen LogP contribution in [0.4, 0.5) is 37.7 Å². The minimum absolute atomic E-state index is 0.225. The monoisotopic (exact) mass is 304 g/mol. The zero-order valence-corrected chi connectivity index (χ0v) is 10.3. The summed E-state index contributed by atoms with van der Waals surface area (Å²) in [5, 5.41) is 3.95. The smallest absolute Gasteiger partial charge is 0.249 e. The molecule has 0 amide bonds. The van der Waals surface area contributed by atoms with Crippen LogP contribution in [0.25, 0.3) is 0 Å². The normalized spacial score (nSPS) is 12.3. The van der Waals surface area contributed by atoms with Gasteiger partial charge in [-0.05, 0) is 48.5 Å². The van der Waals surface area contributed by atoms with E-state index in [1.165, 1.54) is 0 Å². The molecule has 0 aliphatic rings. The highest BCUT2D eigenvalue weighted by atomic mass is 19.4. The lowest BCUT2D eigenvalue weighted by Crippen LogP contribution is -2.05. The number of benzene rings is 2. The van der Waals surface area contributed by atoms with E-state index in [0.717, 1.165) is 48.5 Å². The minimum atomic E-state index is -4.44. The van der Waals surface area contributed by atoms with Crippen LogP contribution in [0, 0.1) is 0 Å². The summed E-state index contributed by atoms with van der Waals surface area (Å²) in [6.07, 6.45) is -8.88. The van der Waals surface area contributed by atoms with Crippen molar-refractivity contribution >= 4 is 11.4 Å². The van der Waals surface area contributed by atoms with Crippen LogP contribution in [-0.2, 0) is 12.4 Å². The predicted octanol–water partition coefficient (Wildman–Crippen LogP) is 5.29. The number of hydrogen-bond donors (Lipinski definition) is 0. The van der Waals surface area contributed by atoms with Gasteiger partial charge < -0.3 is 0 Å². The van der Waals surface area contributed by atoms with Crippen LogP contribution in [0.2, 0.25) is 0 Å². The Balaban J connectivity index is 2.12. The molecule has 0 saturated heterocycles. The van der Waals surface area contributed by atoms with Crippen LogP contribution < -0.4 is 5.32 Å². The average Bonchev–Trinajstić information content (AvgIpc) is 2.38. The maximum Gasteiger partial charge on any atom is 0.416 e. The third kappa shape index (κ3) is 3.90. The van der Waals surface area contributed by atoms with Gasteiger partial charge in [-0.3, -0.25) is 0 Å². The molecule has 1 radical (unpaired) electrons. The van der Waals surface area contributed by atoms with Crippen molar-refractivity contribution in [2.45, 2.75) is 12.4 Å². The van der Waals surface area contributed by atoms with E-state index in [-0.39, 0.29) is 11.4 Å². The van der Waals surface area contributed by atoms with Crippen LogP contribution in [0.5, 0.6) is 0 Å². The standard InChI is InChI=1S/C14H8F6N/c15-13(16,17)9-1-5-11(6-2-9)21-12-7-3-10(4-8-12)14(18,19)20/h1-8H. The van der Waals surface area contributed by atoms with Gasteiger partial charge in [0.05, 0.1) is 22.5 Å². The molecule has 0 aliphatic heterocycles. The summed E-state index contributed by atoms with van der Waals surface area (Å²) in [5.41, 5.74) is -1.17. The van der Waals surface area contributed by atoms with E-state index in [1.54, 1.807) is 0 Å². The Morgan fingerprint density at radius 1 is 0.524 bits per heavy atom. The van der Waals surface area contributed by atoms with Crippen molar-refractivity contribution in [1.29, 1.82) is 0 Å². The van der Waals surface area contributed by atoms with Gasteiger partial charge >= 0.3 is 12.4 Å². The molecule has 0 saturated carbocycles. The Kier molecular flexibility index (Phi) is 3.85. The van der Waals surface area contributed by atoms with Crippen LogP contribution >= 0.6 is 0 Å². The molecule has 0 N–H and O–H groups in total. The van der Waals surface area contributed by atoms with Gasteiger partial charge in [0.1, 0.15) is 0 Å². The second-order valence-electron chi connectivity index (χ2n) is 4.20. The van der Waals surface area contributed by atoms with Crippen LogP contribution in [-0.4, -0.2) is 0 Å². The lowest BCUT2D eigenvalue weighted by Gasteiger charge is -2.09. The van der Waals surface area contributed by atoms with Gasteiger partial charge in [0, 0.05) is 0 Å². The van der Waals surface area contributed by atoms with E-state index in [9.17, 15) is 26.3 Å². The van der Waals surface area contributed by atoms with Gasteiger partial charge in [0.25, 0.3) is 0 Å².